The summed E-state index contributed by atoms with van der Waals surface area (Å²) in [7, 11) is 4.05. The average molecular weight is 199 g/mol. The third kappa shape index (κ3) is 7.87. The summed E-state index contributed by atoms with van der Waals surface area (Å²) in [5, 5.41) is 0. The Morgan fingerprint density at radius 1 is 1.07 bits per heavy atom. The second-order valence-electron chi connectivity index (χ2n) is 2.75. The van der Waals surface area contributed by atoms with Crippen molar-refractivity contribution in [2.45, 2.75) is 41.2 Å². The monoisotopic (exact) mass is 199 g/mol. The summed E-state index contributed by atoms with van der Waals surface area (Å²) in [4.78, 5) is 2.08. The first-order valence-corrected chi connectivity index (χ1v) is 5.38. The molecular weight excluding hydrogens is 174 g/mol. The maximum absolute atomic E-state index is 5.35. The van der Waals surface area contributed by atoms with Gasteiger partial charge in [0.1, 0.15) is 11.5 Å². The van der Waals surface area contributed by atoms with Crippen LogP contribution in [0.15, 0.2) is 16.5 Å². The normalized spacial score (nSPS) is 8.57. The molecule has 1 rings (SSSR count). The van der Waals surface area contributed by atoms with E-state index >= 15 is 0 Å². The van der Waals surface area contributed by atoms with Crippen molar-refractivity contribution in [3.63, 3.8) is 0 Å². The Morgan fingerprint density at radius 3 is 1.86 bits per heavy atom. The molecule has 0 saturated heterocycles. The zero-order chi connectivity index (χ0) is 11.6. The van der Waals surface area contributed by atoms with Crippen LogP contribution in [0.1, 0.15) is 39.2 Å². The van der Waals surface area contributed by atoms with Crippen molar-refractivity contribution in [1.29, 1.82) is 0 Å². The van der Waals surface area contributed by atoms with Gasteiger partial charge < -0.3 is 9.32 Å². The molecule has 0 unspecified atom stereocenters. The van der Waals surface area contributed by atoms with Crippen LogP contribution in [0.5, 0.6) is 0 Å². The molecule has 0 bridgehead atoms. The van der Waals surface area contributed by atoms with E-state index in [4.69, 9.17) is 4.42 Å². The molecule has 0 aliphatic carbocycles. The summed E-state index contributed by atoms with van der Waals surface area (Å²) in [6.07, 6.45) is 0. The summed E-state index contributed by atoms with van der Waals surface area (Å²) in [6, 6.07) is 3.99. The lowest BCUT2D eigenvalue weighted by molar-refractivity contribution is 0.345. The van der Waals surface area contributed by atoms with Crippen LogP contribution in [0.25, 0.3) is 0 Å². The molecule has 2 heteroatoms. The number of hydrogen-bond acceptors (Lipinski definition) is 2. The van der Waals surface area contributed by atoms with Crippen molar-refractivity contribution >= 4 is 0 Å². The van der Waals surface area contributed by atoms with Crippen molar-refractivity contribution in [2.24, 2.45) is 0 Å². The molecular formula is C12H25NO. The highest BCUT2D eigenvalue weighted by molar-refractivity contribution is 5.04. The van der Waals surface area contributed by atoms with Gasteiger partial charge in [-0.05, 0) is 33.2 Å². The van der Waals surface area contributed by atoms with E-state index in [1.54, 1.807) is 0 Å². The molecule has 1 aromatic rings. The minimum atomic E-state index is 0.883. The Morgan fingerprint density at radius 2 is 1.57 bits per heavy atom. The summed E-state index contributed by atoms with van der Waals surface area (Å²) in [6.45, 7) is 10.8. The molecule has 0 aliphatic heterocycles. The van der Waals surface area contributed by atoms with Gasteiger partial charge in [0.2, 0.25) is 0 Å². The molecule has 0 atom stereocenters. The maximum atomic E-state index is 5.35. The molecule has 0 aliphatic rings. The van der Waals surface area contributed by atoms with Gasteiger partial charge in [-0.1, -0.05) is 27.7 Å². The molecule has 0 N–H and O–H groups in total. The van der Waals surface area contributed by atoms with E-state index in [0.29, 0.717) is 0 Å². The summed E-state index contributed by atoms with van der Waals surface area (Å²) >= 11 is 0. The van der Waals surface area contributed by atoms with Crippen LogP contribution in [0.2, 0.25) is 0 Å². The first kappa shape index (κ1) is 15.7. The minimum absolute atomic E-state index is 0.883. The Hall–Kier alpha value is -0.760. The lowest BCUT2D eigenvalue weighted by Gasteiger charge is -2.05. The standard InChI is InChI=1S/C8H13NO.2C2H6/c1-7-4-5-8(10-7)6-9(2)3;2*1-2/h4-5H,6H2,1-3H3;2*1-2H3. The van der Waals surface area contributed by atoms with Crippen molar-refractivity contribution in [3.8, 4) is 0 Å². The summed E-state index contributed by atoms with van der Waals surface area (Å²) in [5.74, 6) is 2.01. The highest BCUT2D eigenvalue weighted by atomic mass is 16.3. The molecule has 0 aromatic carbocycles. The molecule has 2 nitrogen and oxygen atoms in total. The smallest absolute Gasteiger partial charge is 0.118 e. The van der Waals surface area contributed by atoms with E-state index in [2.05, 4.69) is 4.90 Å². The van der Waals surface area contributed by atoms with Gasteiger partial charge >= 0.3 is 0 Å². The number of furan rings is 1. The van der Waals surface area contributed by atoms with Gasteiger partial charge in [-0.15, -0.1) is 0 Å². The predicted octanol–water partition coefficient (Wildman–Crippen LogP) is 3.70. The summed E-state index contributed by atoms with van der Waals surface area (Å²) in [5.41, 5.74) is 0. The quantitative estimate of drug-likeness (QED) is 0.722. The molecule has 0 spiro atoms. The average Bonchev–Trinajstić information content (AvgIpc) is 2.57. The van der Waals surface area contributed by atoms with Gasteiger partial charge in [-0.25, -0.2) is 0 Å². The zero-order valence-corrected chi connectivity index (χ0v) is 10.7. The van der Waals surface area contributed by atoms with Gasteiger partial charge in [0, 0.05) is 0 Å². The van der Waals surface area contributed by atoms with Crippen LogP contribution in [0.3, 0.4) is 0 Å². The molecule has 1 aromatic heterocycles. The maximum Gasteiger partial charge on any atom is 0.118 e. The second-order valence-corrected chi connectivity index (χ2v) is 2.75. The Bertz CT molecular complexity index is 204. The SMILES string of the molecule is CC.CC.Cc1ccc(CN(C)C)o1. The Labute approximate surface area is 88.9 Å². The van der Waals surface area contributed by atoms with Crippen LogP contribution >= 0.6 is 0 Å². The molecule has 1 heterocycles. The molecule has 0 radical (unpaired) electrons. The highest BCUT2D eigenvalue weighted by Gasteiger charge is 1.97. The van der Waals surface area contributed by atoms with Gasteiger partial charge in [0.25, 0.3) is 0 Å². The fourth-order valence-electron chi connectivity index (χ4n) is 0.882. The molecule has 0 amide bonds. The van der Waals surface area contributed by atoms with Gasteiger partial charge in [-0.3, -0.25) is 0 Å². The van der Waals surface area contributed by atoms with Gasteiger partial charge in [0.15, 0.2) is 0 Å². The van der Waals surface area contributed by atoms with E-state index in [9.17, 15) is 0 Å². The largest absolute Gasteiger partial charge is 0.465 e. The molecule has 84 valence electrons. The first-order chi connectivity index (χ1) is 6.68. The van der Waals surface area contributed by atoms with Crippen LogP contribution in [-0.2, 0) is 6.54 Å². The predicted molar refractivity (Wildman–Crippen MR) is 63.5 cm³/mol. The van der Waals surface area contributed by atoms with Crippen molar-refractivity contribution < 1.29 is 4.42 Å². The van der Waals surface area contributed by atoms with Crippen LogP contribution in [0, 0.1) is 6.92 Å². The van der Waals surface area contributed by atoms with Crippen LogP contribution in [0.4, 0.5) is 0 Å². The molecule has 0 fully saturated rings. The van der Waals surface area contributed by atoms with Crippen molar-refractivity contribution in [2.75, 3.05) is 14.1 Å². The van der Waals surface area contributed by atoms with Crippen molar-refractivity contribution in [3.05, 3.63) is 23.7 Å². The van der Waals surface area contributed by atoms with E-state index in [1.165, 1.54) is 0 Å². The zero-order valence-electron chi connectivity index (χ0n) is 10.7. The molecule has 0 saturated carbocycles. The fourth-order valence-corrected chi connectivity index (χ4v) is 0.882. The summed E-state index contributed by atoms with van der Waals surface area (Å²) < 4.78 is 5.35. The third-order valence-electron chi connectivity index (χ3n) is 1.27. The topological polar surface area (TPSA) is 16.4 Å². The van der Waals surface area contributed by atoms with Gasteiger partial charge in [0.05, 0.1) is 6.54 Å². The van der Waals surface area contributed by atoms with Crippen LogP contribution in [-0.4, -0.2) is 19.0 Å². The second kappa shape index (κ2) is 10.3. The highest BCUT2D eigenvalue weighted by Crippen LogP contribution is 2.06. The Balaban J connectivity index is 0. The number of rotatable bonds is 2. The number of hydrogen-bond donors (Lipinski definition) is 0. The first-order valence-electron chi connectivity index (χ1n) is 5.38. The van der Waals surface area contributed by atoms with Crippen LogP contribution < -0.4 is 0 Å². The fraction of sp³-hybridized carbons (Fsp3) is 0.667. The van der Waals surface area contributed by atoms with E-state index < -0.39 is 0 Å². The lowest BCUT2D eigenvalue weighted by Crippen LogP contribution is -2.09. The minimum Gasteiger partial charge on any atom is -0.465 e. The van der Waals surface area contributed by atoms with E-state index in [0.717, 1.165) is 18.1 Å². The number of nitrogens with zero attached hydrogens (tertiary/aromatic N) is 1. The van der Waals surface area contributed by atoms with E-state index in [1.807, 2.05) is 60.8 Å². The van der Waals surface area contributed by atoms with Gasteiger partial charge in [-0.2, -0.15) is 0 Å². The Kier molecular flexibility index (Phi) is 11.6. The van der Waals surface area contributed by atoms with Crippen molar-refractivity contribution in [1.82, 2.24) is 4.90 Å². The number of aryl methyl sites for hydroxylation is 1. The molecule has 14 heavy (non-hydrogen) atoms. The lowest BCUT2D eigenvalue weighted by atomic mass is 10.4. The third-order valence-corrected chi connectivity index (χ3v) is 1.27. The van der Waals surface area contributed by atoms with E-state index in [-0.39, 0.29) is 0 Å².